The topological polar surface area (TPSA) is 85.6 Å². The molecule has 10 heteroatoms. The second kappa shape index (κ2) is 9.07. The summed E-state index contributed by atoms with van der Waals surface area (Å²) in [6.45, 7) is 4.42. The smallest absolute Gasteiger partial charge is 0.278 e. The number of nitrogens with zero attached hydrogens (tertiary/aromatic N) is 3. The molecule has 30 heavy (non-hydrogen) atoms. The number of methoxy groups -OCH3 is 1. The van der Waals surface area contributed by atoms with Gasteiger partial charge in [0, 0.05) is 16.3 Å². The van der Waals surface area contributed by atoms with E-state index in [1.807, 2.05) is 30.7 Å². The van der Waals surface area contributed by atoms with E-state index in [1.54, 1.807) is 19.2 Å². The van der Waals surface area contributed by atoms with Gasteiger partial charge in [-0.3, -0.25) is 4.68 Å². The molecular formula is C20H20Cl2N4O3S. The maximum absolute atomic E-state index is 12.4. The summed E-state index contributed by atoms with van der Waals surface area (Å²) in [4.78, 5) is 2.01. The van der Waals surface area contributed by atoms with Crippen LogP contribution in [0.3, 0.4) is 0 Å². The average Bonchev–Trinajstić information content (AvgIpc) is 3.00. The number of rotatable bonds is 7. The van der Waals surface area contributed by atoms with E-state index in [0.717, 1.165) is 17.0 Å². The van der Waals surface area contributed by atoms with Gasteiger partial charge >= 0.3 is 0 Å². The van der Waals surface area contributed by atoms with Crippen LogP contribution in [0.5, 0.6) is 5.75 Å². The second-order valence-corrected chi connectivity index (χ2v) is 9.06. The predicted molar refractivity (Wildman–Crippen MR) is 118 cm³/mol. The highest BCUT2D eigenvalue weighted by atomic mass is 35.5. The van der Waals surface area contributed by atoms with Gasteiger partial charge in [0.05, 0.1) is 30.6 Å². The lowest BCUT2D eigenvalue weighted by atomic mass is 10.1. The molecule has 0 saturated carbocycles. The first kappa shape index (κ1) is 22.1. The minimum absolute atomic E-state index is 0.0544. The molecule has 7 nitrogen and oxygen atoms in total. The SMILES string of the molecule is COc1ccc(C=NNS(=O)(=O)c2cc(Cl)ccc2Cl)cc1Cn1nc(C)cc1C. The molecule has 0 saturated heterocycles. The molecule has 158 valence electrons. The number of aryl methyl sites for hydroxylation is 2. The van der Waals surface area contributed by atoms with E-state index in [4.69, 9.17) is 27.9 Å². The summed E-state index contributed by atoms with van der Waals surface area (Å²) in [6, 6.07) is 11.6. The summed E-state index contributed by atoms with van der Waals surface area (Å²) in [5, 5.41) is 8.64. The van der Waals surface area contributed by atoms with E-state index >= 15 is 0 Å². The van der Waals surface area contributed by atoms with Crippen LogP contribution in [0, 0.1) is 13.8 Å². The molecule has 2 aromatic carbocycles. The van der Waals surface area contributed by atoms with E-state index < -0.39 is 10.0 Å². The summed E-state index contributed by atoms with van der Waals surface area (Å²) in [5.41, 5.74) is 3.53. The van der Waals surface area contributed by atoms with Crippen LogP contribution < -0.4 is 9.57 Å². The van der Waals surface area contributed by atoms with Gasteiger partial charge in [-0.2, -0.15) is 18.6 Å². The minimum Gasteiger partial charge on any atom is -0.496 e. The Morgan fingerprint density at radius 3 is 2.60 bits per heavy atom. The monoisotopic (exact) mass is 466 g/mol. The fourth-order valence-corrected chi connectivity index (χ4v) is 4.46. The molecule has 0 unspecified atom stereocenters. The van der Waals surface area contributed by atoms with Gasteiger partial charge in [0.15, 0.2) is 0 Å². The molecule has 0 spiro atoms. The van der Waals surface area contributed by atoms with Gasteiger partial charge < -0.3 is 4.74 Å². The number of aromatic nitrogens is 2. The lowest BCUT2D eigenvalue weighted by Crippen LogP contribution is -2.18. The van der Waals surface area contributed by atoms with Crippen LogP contribution in [0.25, 0.3) is 0 Å². The van der Waals surface area contributed by atoms with Crippen molar-refractivity contribution in [2.24, 2.45) is 5.10 Å². The lowest BCUT2D eigenvalue weighted by molar-refractivity contribution is 0.407. The van der Waals surface area contributed by atoms with Gasteiger partial charge in [-0.05, 0) is 61.9 Å². The third-order valence-electron chi connectivity index (χ3n) is 4.30. The quantitative estimate of drug-likeness (QED) is 0.418. The van der Waals surface area contributed by atoms with E-state index in [9.17, 15) is 8.42 Å². The fraction of sp³-hybridized carbons (Fsp3) is 0.200. The van der Waals surface area contributed by atoms with E-state index in [-0.39, 0.29) is 14.9 Å². The molecule has 0 bridgehead atoms. The van der Waals surface area contributed by atoms with Crippen molar-refractivity contribution in [3.63, 3.8) is 0 Å². The highest BCUT2D eigenvalue weighted by Crippen LogP contribution is 2.25. The number of hydrogen-bond acceptors (Lipinski definition) is 5. The molecule has 0 radical (unpaired) electrons. The summed E-state index contributed by atoms with van der Waals surface area (Å²) >= 11 is 11.8. The Balaban J connectivity index is 1.82. The van der Waals surface area contributed by atoms with Gasteiger partial charge in [0.2, 0.25) is 0 Å². The van der Waals surface area contributed by atoms with Crippen LogP contribution >= 0.6 is 23.2 Å². The average molecular weight is 467 g/mol. The predicted octanol–water partition coefficient (Wildman–Crippen LogP) is 4.18. The van der Waals surface area contributed by atoms with Crippen molar-refractivity contribution in [2.45, 2.75) is 25.3 Å². The number of hydrogen-bond donors (Lipinski definition) is 1. The Morgan fingerprint density at radius 1 is 1.17 bits per heavy atom. The first-order chi connectivity index (χ1) is 14.2. The van der Waals surface area contributed by atoms with E-state index in [1.165, 1.54) is 24.4 Å². The maximum Gasteiger partial charge on any atom is 0.278 e. The third-order valence-corrected chi connectivity index (χ3v) is 6.24. The molecule has 0 aliphatic rings. The Hall–Kier alpha value is -2.55. The number of halogens is 2. The number of sulfonamides is 1. The summed E-state index contributed by atoms with van der Waals surface area (Å²) in [6.07, 6.45) is 1.40. The van der Waals surface area contributed by atoms with Crippen LogP contribution in [-0.2, 0) is 16.6 Å². The van der Waals surface area contributed by atoms with Crippen molar-refractivity contribution < 1.29 is 13.2 Å². The molecular weight excluding hydrogens is 447 g/mol. The van der Waals surface area contributed by atoms with Crippen LogP contribution in [0.1, 0.15) is 22.5 Å². The Labute approximate surface area is 185 Å². The molecule has 1 aromatic heterocycles. The van der Waals surface area contributed by atoms with Crippen molar-refractivity contribution in [1.29, 1.82) is 0 Å². The molecule has 0 atom stereocenters. The van der Waals surface area contributed by atoms with Crippen LogP contribution in [-0.4, -0.2) is 31.5 Å². The number of hydrazone groups is 1. The normalized spacial score (nSPS) is 11.8. The molecule has 0 aliphatic carbocycles. The zero-order chi connectivity index (χ0) is 21.9. The molecule has 3 rings (SSSR count). The van der Waals surface area contributed by atoms with Gasteiger partial charge in [-0.25, -0.2) is 4.83 Å². The minimum atomic E-state index is -3.96. The molecule has 0 fully saturated rings. The van der Waals surface area contributed by atoms with Gasteiger partial charge in [-0.15, -0.1) is 0 Å². The summed E-state index contributed by atoms with van der Waals surface area (Å²) < 4.78 is 32.2. The molecule has 1 N–H and O–H groups in total. The van der Waals surface area contributed by atoms with Gasteiger partial charge in [0.1, 0.15) is 10.6 Å². The molecule has 0 aliphatic heterocycles. The molecule has 3 aromatic rings. The van der Waals surface area contributed by atoms with Crippen LogP contribution in [0.15, 0.2) is 52.5 Å². The Morgan fingerprint density at radius 2 is 1.93 bits per heavy atom. The largest absolute Gasteiger partial charge is 0.496 e. The standard InChI is InChI=1S/C20H20Cl2N4O3S/c1-13-8-14(2)26(24-13)12-16-9-15(4-7-19(16)29-3)11-23-25-30(27,28)20-10-17(21)5-6-18(20)22/h4-11,25H,12H2,1-3H3. The second-order valence-electron chi connectivity index (χ2n) is 6.58. The summed E-state index contributed by atoms with van der Waals surface area (Å²) in [7, 11) is -2.37. The maximum atomic E-state index is 12.4. The van der Waals surface area contributed by atoms with Crippen molar-refractivity contribution in [3.05, 3.63) is 75.0 Å². The van der Waals surface area contributed by atoms with Crippen molar-refractivity contribution in [3.8, 4) is 5.75 Å². The third kappa shape index (κ3) is 5.13. The number of ether oxygens (including phenoxy) is 1. The highest BCUT2D eigenvalue weighted by Gasteiger charge is 2.17. The number of nitrogens with one attached hydrogen (secondary N) is 1. The molecule has 1 heterocycles. The zero-order valence-electron chi connectivity index (χ0n) is 16.6. The fourth-order valence-electron chi connectivity index (χ4n) is 2.90. The van der Waals surface area contributed by atoms with Crippen LogP contribution in [0.4, 0.5) is 0 Å². The lowest BCUT2D eigenvalue weighted by Gasteiger charge is -2.11. The molecule has 0 amide bonds. The van der Waals surface area contributed by atoms with Crippen LogP contribution in [0.2, 0.25) is 10.0 Å². The zero-order valence-corrected chi connectivity index (χ0v) is 18.9. The first-order valence-electron chi connectivity index (χ1n) is 8.87. The van der Waals surface area contributed by atoms with E-state index in [2.05, 4.69) is 15.0 Å². The van der Waals surface area contributed by atoms with Gasteiger partial charge in [-0.1, -0.05) is 23.2 Å². The van der Waals surface area contributed by atoms with E-state index in [0.29, 0.717) is 17.9 Å². The summed E-state index contributed by atoms with van der Waals surface area (Å²) in [5.74, 6) is 0.700. The van der Waals surface area contributed by atoms with Crippen molar-refractivity contribution >= 4 is 39.4 Å². The van der Waals surface area contributed by atoms with Gasteiger partial charge in [0.25, 0.3) is 10.0 Å². The van der Waals surface area contributed by atoms with Crippen molar-refractivity contribution in [1.82, 2.24) is 14.6 Å². The Bertz CT molecular complexity index is 1210. The number of benzene rings is 2. The highest BCUT2D eigenvalue weighted by molar-refractivity contribution is 7.89. The Kier molecular flexibility index (Phi) is 6.70. The first-order valence-corrected chi connectivity index (χ1v) is 11.1. The van der Waals surface area contributed by atoms with Crippen molar-refractivity contribution in [2.75, 3.05) is 7.11 Å².